The van der Waals surface area contributed by atoms with Crippen LogP contribution in [0.2, 0.25) is 0 Å². The summed E-state index contributed by atoms with van der Waals surface area (Å²) in [5.74, 6) is 2.52. The first-order valence-electron chi connectivity index (χ1n) is 10.1. The fraction of sp³-hybridized carbons (Fsp3) is 0.520. The third-order valence-electron chi connectivity index (χ3n) is 5.12. The van der Waals surface area contributed by atoms with Gasteiger partial charge in [-0.1, -0.05) is 65.8 Å². The molecule has 0 fully saturated rings. The largest absolute Gasteiger partial charge is 0.507 e. The van der Waals surface area contributed by atoms with Crippen LogP contribution in [0.3, 0.4) is 0 Å². The van der Waals surface area contributed by atoms with E-state index in [2.05, 4.69) is 78.3 Å². The van der Waals surface area contributed by atoms with Crippen LogP contribution in [0.4, 0.5) is 0 Å². The molecule has 0 atom stereocenters. The fourth-order valence-corrected chi connectivity index (χ4v) is 4.64. The molecule has 2 aromatic carbocycles. The van der Waals surface area contributed by atoms with Crippen LogP contribution >= 0.6 is 23.5 Å². The lowest BCUT2D eigenvalue weighted by Crippen LogP contribution is -2.14. The van der Waals surface area contributed by atoms with E-state index in [1.165, 1.54) is 11.1 Å². The predicted octanol–water partition coefficient (Wildman–Crippen LogP) is 7.01. The highest BCUT2D eigenvalue weighted by Crippen LogP contribution is 2.40. The molecule has 160 valence electrons. The van der Waals surface area contributed by atoms with Crippen molar-refractivity contribution in [3.63, 3.8) is 0 Å². The lowest BCUT2D eigenvalue weighted by Gasteiger charge is -2.25. The topological polar surface area (TPSA) is 40.5 Å². The van der Waals surface area contributed by atoms with E-state index in [4.69, 9.17) is 0 Å². The van der Waals surface area contributed by atoms with Crippen LogP contribution < -0.4 is 0 Å². The third-order valence-corrected chi connectivity index (χ3v) is 6.36. The molecule has 0 heterocycles. The van der Waals surface area contributed by atoms with Crippen molar-refractivity contribution < 1.29 is 10.2 Å². The van der Waals surface area contributed by atoms with Gasteiger partial charge in [-0.05, 0) is 56.7 Å². The molecule has 0 aliphatic heterocycles. The molecule has 2 aromatic rings. The molecule has 0 unspecified atom stereocenters. The molecule has 2 N–H and O–H groups in total. The Morgan fingerprint density at radius 2 is 1.00 bits per heavy atom. The highest BCUT2D eigenvalue weighted by molar-refractivity contribution is 7.98. The second kappa shape index (κ2) is 9.26. The first-order valence-corrected chi connectivity index (χ1v) is 12.9. The Kier molecular flexibility index (Phi) is 7.67. The van der Waals surface area contributed by atoms with Gasteiger partial charge in [0.2, 0.25) is 0 Å². The minimum Gasteiger partial charge on any atom is -0.507 e. The van der Waals surface area contributed by atoms with Crippen LogP contribution in [-0.4, -0.2) is 22.7 Å². The van der Waals surface area contributed by atoms with Crippen molar-refractivity contribution >= 4 is 23.5 Å². The Labute approximate surface area is 185 Å². The van der Waals surface area contributed by atoms with Crippen LogP contribution in [0, 0.1) is 0 Å². The lowest BCUT2D eigenvalue weighted by molar-refractivity contribution is 0.435. The normalized spacial score (nSPS) is 12.4. The summed E-state index contributed by atoms with van der Waals surface area (Å²) in [6.45, 7) is 12.8. The van der Waals surface area contributed by atoms with E-state index in [1.54, 1.807) is 23.5 Å². The van der Waals surface area contributed by atoms with Crippen molar-refractivity contribution in [2.24, 2.45) is 0 Å². The lowest BCUT2D eigenvalue weighted by atomic mass is 9.81. The van der Waals surface area contributed by atoms with Crippen molar-refractivity contribution in [2.75, 3.05) is 12.5 Å². The number of rotatable bonds is 6. The standard InChI is InChI=1S/C25H36O2S2/c1-24(2,3)20-11-16(14-28-7)9-18(22(20)26)13-19-10-17(15-29-8)12-21(23(19)27)25(4,5)6/h9-12,26-27H,13-15H2,1-8H3. The number of phenols is 2. The Morgan fingerprint density at radius 1 is 0.655 bits per heavy atom. The van der Waals surface area contributed by atoms with E-state index in [-0.39, 0.29) is 10.8 Å². The van der Waals surface area contributed by atoms with E-state index >= 15 is 0 Å². The highest BCUT2D eigenvalue weighted by Gasteiger charge is 2.24. The van der Waals surface area contributed by atoms with E-state index in [1.807, 2.05) is 0 Å². The summed E-state index contributed by atoms with van der Waals surface area (Å²) in [7, 11) is 0. The number of phenolic OH excluding ortho intramolecular Hbond substituents is 2. The van der Waals surface area contributed by atoms with Crippen LogP contribution in [0.25, 0.3) is 0 Å². The smallest absolute Gasteiger partial charge is 0.122 e. The van der Waals surface area contributed by atoms with Gasteiger partial charge in [0.15, 0.2) is 0 Å². The van der Waals surface area contributed by atoms with Crippen LogP contribution in [-0.2, 0) is 28.8 Å². The van der Waals surface area contributed by atoms with E-state index in [0.29, 0.717) is 17.9 Å². The average Bonchev–Trinajstić information content (AvgIpc) is 2.58. The minimum atomic E-state index is -0.146. The minimum absolute atomic E-state index is 0.146. The molecule has 0 spiro atoms. The third kappa shape index (κ3) is 5.88. The van der Waals surface area contributed by atoms with Crippen molar-refractivity contribution in [3.8, 4) is 11.5 Å². The Balaban J connectivity index is 2.63. The van der Waals surface area contributed by atoms with Crippen LogP contribution in [0.1, 0.15) is 74.9 Å². The molecule has 2 nitrogen and oxygen atoms in total. The first-order chi connectivity index (χ1) is 13.4. The van der Waals surface area contributed by atoms with Crippen molar-refractivity contribution in [2.45, 2.75) is 70.3 Å². The number of hydrogen-bond donors (Lipinski definition) is 2. The molecule has 0 aromatic heterocycles. The summed E-state index contributed by atoms with van der Waals surface area (Å²) >= 11 is 3.56. The maximum Gasteiger partial charge on any atom is 0.122 e. The summed E-state index contributed by atoms with van der Waals surface area (Å²) in [6.07, 6.45) is 4.71. The molecule has 0 aliphatic carbocycles. The van der Waals surface area contributed by atoms with Gasteiger partial charge in [0.05, 0.1) is 0 Å². The SMILES string of the molecule is CSCc1cc(Cc2cc(CSC)cc(C(C)(C)C)c2O)c(O)c(C(C)(C)C)c1. The predicted molar refractivity (Wildman–Crippen MR) is 131 cm³/mol. The molecular weight excluding hydrogens is 396 g/mol. The Hall–Kier alpha value is -1.26. The van der Waals surface area contributed by atoms with Crippen molar-refractivity contribution in [1.82, 2.24) is 0 Å². The van der Waals surface area contributed by atoms with Crippen LogP contribution in [0.15, 0.2) is 24.3 Å². The van der Waals surface area contributed by atoms with Gasteiger partial charge < -0.3 is 10.2 Å². The van der Waals surface area contributed by atoms with Crippen LogP contribution in [0.5, 0.6) is 11.5 Å². The van der Waals surface area contributed by atoms with Gasteiger partial charge in [-0.15, -0.1) is 0 Å². The average molecular weight is 433 g/mol. The summed E-state index contributed by atoms with van der Waals surface area (Å²) in [5.41, 5.74) is 5.84. The summed E-state index contributed by atoms with van der Waals surface area (Å²) in [4.78, 5) is 0. The molecule has 0 amide bonds. The molecule has 0 saturated carbocycles. The second-order valence-corrected chi connectivity index (χ2v) is 11.6. The number of aromatic hydroxyl groups is 2. The number of benzene rings is 2. The summed E-state index contributed by atoms with van der Waals surface area (Å²) in [5, 5.41) is 22.2. The van der Waals surface area contributed by atoms with Gasteiger partial charge in [-0.2, -0.15) is 23.5 Å². The quantitative estimate of drug-likeness (QED) is 0.515. The molecule has 0 bridgehead atoms. The van der Waals surface area contributed by atoms with E-state index in [0.717, 1.165) is 33.8 Å². The van der Waals surface area contributed by atoms with E-state index < -0.39 is 0 Å². The van der Waals surface area contributed by atoms with Gasteiger partial charge in [0, 0.05) is 17.9 Å². The molecule has 2 rings (SSSR count). The van der Waals surface area contributed by atoms with Gasteiger partial charge in [-0.3, -0.25) is 0 Å². The first kappa shape index (κ1) is 24.0. The zero-order chi connectivity index (χ0) is 22.0. The molecule has 4 heteroatoms. The summed E-state index contributed by atoms with van der Waals surface area (Å²) in [6, 6.07) is 8.44. The zero-order valence-corrected chi connectivity index (χ0v) is 20.8. The van der Waals surface area contributed by atoms with Gasteiger partial charge in [0.1, 0.15) is 11.5 Å². The Bertz CT molecular complexity index is 787. The second-order valence-electron chi connectivity index (χ2n) is 9.85. The number of thioether (sulfide) groups is 2. The maximum atomic E-state index is 11.1. The molecular formula is C25H36O2S2. The molecule has 0 radical (unpaired) electrons. The van der Waals surface area contributed by atoms with E-state index in [9.17, 15) is 10.2 Å². The monoisotopic (exact) mass is 432 g/mol. The molecule has 0 saturated heterocycles. The zero-order valence-electron chi connectivity index (χ0n) is 19.1. The number of hydrogen-bond acceptors (Lipinski definition) is 4. The maximum absolute atomic E-state index is 11.1. The molecule has 0 aliphatic rings. The molecule has 29 heavy (non-hydrogen) atoms. The van der Waals surface area contributed by atoms with Crippen molar-refractivity contribution in [1.29, 1.82) is 0 Å². The fourth-order valence-electron chi connectivity index (χ4n) is 3.64. The highest BCUT2D eigenvalue weighted by atomic mass is 32.2. The Morgan fingerprint density at radius 3 is 1.28 bits per heavy atom. The van der Waals surface area contributed by atoms with Gasteiger partial charge in [-0.25, -0.2) is 0 Å². The van der Waals surface area contributed by atoms with Gasteiger partial charge >= 0.3 is 0 Å². The summed E-state index contributed by atoms with van der Waals surface area (Å²) < 4.78 is 0. The van der Waals surface area contributed by atoms with Gasteiger partial charge in [0.25, 0.3) is 0 Å². The van der Waals surface area contributed by atoms with Crippen molar-refractivity contribution in [3.05, 3.63) is 57.6 Å².